The van der Waals surface area contributed by atoms with E-state index < -0.39 is 6.80 Å². The van der Waals surface area contributed by atoms with Gasteiger partial charge in [-0.2, -0.15) is 0 Å². The summed E-state index contributed by atoms with van der Waals surface area (Å²) < 4.78 is 21.4. The van der Waals surface area contributed by atoms with Gasteiger partial charge in [-0.05, 0) is 24.2 Å². The highest BCUT2D eigenvalue weighted by Crippen LogP contribution is 2.59. The Hall–Kier alpha value is 0.460. The van der Waals surface area contributed by atoms with E-state index in [0.29, 0.717) is 6.61 Å². The van der Waals surface area contributed by atoms with Gasteiger partial charge < -0.3 is 14.2 Å². The van der Waals surface area contributed by atoms with Crippen LogP contribution in [-0.4, -0.2) is 31.7 Å². The van der Waals surface area contributed by atoms with E-state index in [9.17, 15) is 4.57 Å². The maximum Gasteiger partial charge on any atom is 0.388 e. The van der Waals surface area contributed by atoms with Gasteiger partial charge in [0, 0.05) is 26.6 Å². The summed E-state index contributed by atoms with van der Waals surface area (Å²) in [5, 5.41) is 8.64. The molecule has 0 heterocycles. The fourth-order valence-corrected chi connectivity index (χ4v) is 4.41. The van der Waals surface area contributed by atoms with Crippen molar-refractivity contribution >= 4 is 18.2 Å². The molecule has 0 aromatic heterocycles. The van der Waals surface area contributed by atoms with E-state index in [4.69, 9.17) is 14.2 Å². The van der Waals surface area contributed by atoms with E-state index in [-0.39, 0.29) is 0 Å². The molecule has 0 unspecified atom stereocenters. The van der Waals surface area contributed by atoms with Crippen LogP contribution in [0, 0.1) is 0 Å². The van der Waals surface area contributed by atoms with Gasteiger partial charge in [0.2, 0.25) is 0 Å². The Labute approximate surface area is 121 Å². The van der Waals surface area contributed by atoms with Crippen molar-refractivity contribution in [2.75, 3.05) is 26.6 Å². The summed E-state index contributed by atoms with van der Waals surface area (Å²) in [7, 11) is 2.85. The summed E-state index contributed by atoms with van der Waals surface area (Å²) in [4.78, 5) is 0. The lowest BCUT2D eigenvalue weighted by Gasteiger charge is -2.11. The van der Waals surface area contributed by atoms with E-state index in [1.165, 1.54) is 64.1 Å². The Morgan fingerprint density at radius 2 is 1.26 bits per heavy atom. The van der Waals surface area contributed by atoms with Crippen LogP contribution in [0.15, 0.2) is 0 Å². The number of hydrogen-bond acceptors (Lipinski definition) is 5. The molecule has 0 aromatic carbocycles. The molecule has 19 heavy (non-hydrogen) atoms. The van der Waals surface area contributed by atoms with Gasteiger partial charge in [-0.15, -0.1) is 0 Å². The Bertz CT molecular complexity index is 231. The number of aliphatic hydroxyl groups excluding tert-OH is 1. The molecule has 4 nitrogen and oxygen atoms in total. The first-order valence-corrected chi connectivity index (χ1v) is 10.3. The van der Waals surface area contributed by atoms with Gasteiger partial charge in [-0.3, -0.25) is 0 Å². The third-order valence-electron chi connectivity index (χ3n) is 3.00. The van der Waals surface area contributed by atoms with Gasteiger partial charge in [0.1, 0.15) is 0 Å². The molecule has 0 atom stereocenters. The lowest BCUT2D eigenvalue weighted by atomic mass is 10.1. The normalized spacial score (nSPS) is 11.9. The molecule has 0 aliphatic carbocycles. The third kappa shape index (κ3) is 11.9. The van der Waals surface area contributed by atoms with E-state index in [1.807, 2.05) is 0 Å². The van der Waals surface area contributed by atoms with Crippen molar-refractivity contribution in [1.29, 1.82) is 0 Å². The zero-order chi connectivity index (χ0) is 14.4. The molecular formula is C13H29O4PS. The van der Waals surface area contributed by atoms with E-state index in [0.717, 1.165) is 25.0 Å². The van der Waals surface area contributed by atoms with E-state index >= 15 is 0 Å². The van der Waals surface area contributed by atoms with Crippen molar-refractivity contribution < 1.29 is 18.7 Å². The average molecular weight is 312 g/mol. The molecule has 6 heteroatoms. The molecule has 0 saturated heterocycles. The predicted octanol–water partition coefficient (Wildman–Crippen LogP) is 4.62. The zero-order valence-electron chi connectivity index (χ0n) is 12.3. The van der Waals surface area contributed by atoms with Crippen molar-refractivity contribution in [3.05, 3.63) is 0 Å². The number of hydrogen-bond donors (Lipinski definition) is 1. The largest absolute Gasteiger partial charge is 0.396 e. The van der Waals surface area contributed by atoms with Crippen LogP contribution in [0.2, 0.25) is 0 Å². The zero-order valence-corrected chi connectivity index (χ0v) is 14.0. The fraction of sp³-hybridized carbons (Fsp3) is 1.00. The van der Waals surface area contributed by atoms with Gasteiger partial charge in [-0.1, -0.05) is 44.9 Å². The summed E-state index contributed by atoms with van der Waals surface area (Å²) in [5.74, 6) is 0.829. The van der Waals surface area contributed by atoms with Crippen LogP contribution in [0.4, 0.5) is 0 Å². The number of rotatable bonds is 14. The molecule has 0 aliphatic rings. The minimum Gasteiger partial charge on any atom is -0.396 e. The summed E-state index contributed by atoms with van der Waals surface area (Å²) in [5.41, 5.74) is 0. The molecule has 0 saturated carbocycles. The average Bonchev–Trinajstić information content (AvgIpc) is 2.44. The minimum atomic E-state index is -2.86. The molecule has 0 amide bonds. The quantitative estimate of drug-likeness (QED) is 0.374. The van der Waals surface area contributed by atoms with Gasteiger partial charge in [0.05, 0.1) is 0 Å². The Kier molecular flexibility index (Phi) is 13.8. The first-order valence-electron chi connectivity index (χ1n) is 7.15. The molecule has 0 aliphatic heterocycles. The van der Waals surface area contributed by atoms with Crippen LogP contribution in [-0.2, 0) is 13.6 Å². The maximum absolute atomic E-state index is 11.7. The van der Waals surface area contributed by atoms with Crippen LogP contribution >= 0.6 is 18.2 Å². The SMILES string of the molecule is COP(=O)(OC)SCCCCCCCCCCCO. The summed E-state index contributed by atoms with van der Waals surface area (Å²) in [6.07, 6.45) is 10.6. The number of aliphatic hydroxyl groups is 1. The highest BCUT2D eigenvalue weighted by atomic mass is 32.7. The molecule has 0 spiro atoms. The van der Waals surface area contributed by atoms with Crippen LogP contribution in [0.25, 0.3) is 0 Å². The van der Waals surface area contributed by atoms with Crippen molar-refractivity contribution in [3.63, 3.8) is 0 Å². The van der Waals surface area contributed by atoms with Gasteiger partial charge in [0.25, 0.3) is 0 Å². The van der Waals surface area contributed by atoms with Gasteiger partial charge in [0.15, 0.2) is 0 Å². The van der Waals surface area contributed by atoms with Crippen LogP contribution in [0.3, 0.4) is 0 Å². The Morgan fingerprint density at radius 1 is 0.842 bits per heavy atom. The third-order valence-corrected chi connectivity index (χ3v) is 7.07. The van der Waals surface area contributed by atoms with Crippen molar-refractivity contribution in [2.45, 2.75) is 57.8 Å². The first kappa shape index (κ1) is 19.5. The minimum absolute atomic E-state index is 0.324. The molecule has 1 N–H and O–H groups in total. The second-order valence-electron chi connectivity index (χ2n) is 4.55. The highest BCUT2D eigenvalue weighted by Gasteiger charge is 2.20. The van der Waals surface area contributed by atoms with Crippen LogP contribution in [0.5, 0.6) is 0 Å². The summed E-state index contributed by atoms with van der Waals surface area (Å²) in [6, 6.07) is 0. The standard InChI is InChI=1S/C13H29O4PS/c1-16-18(15,17-2)19-13-11-9-7-5-3-4-6-8-10-12-14/h14H,3-13H2,1-2H3. The second kappa shape index (κ2) is 13.4. The van der Waals surface area contributed by atoms with Crippen molar-refractivity contribution in [2.24, 2.45) is 0 Å². The maximum atomic E-state index is 11.7. The van der Waals surface area contributed by atoms with Crippen molar-refractivity contribution in [1.82, 2.24) is 0 Å². The molecule has 0 aromatic rings. The first-order chi connectivity index (χ1) is 9.18. The Balaban J connectivity index is 3.21. The van der Waals surface area contributed by atoms with Gasteiger partial charge in [-0.25, -0.2) is 4.57 Å². The topological polar surface area (TPSA) is 55.8 Å². The summed E-state index contributed by atoms with van der Waals surface area (Å²) in [6.45, 7) is -2.54. The lowest BCUT2D eigenvalue weighted by molar-refractivity contribution is 0.282. The number of unbranched alkanes of at least 4 members (excludes halogenated alkanes) is 8. The molecule has 0 radical (unpaired) electrons. The molecule has 116 valence electrons. The lowest BCUT2D eigenvalue weighted by Crippen LogP contribution is -1.87. The van der Waals surface area contributed by atoms with Gasteiger partial charge >= 0.3 is 6.80 Å². The molecular weight excluding hydrogens is 283 g/mol. The second-order valence-corrected chi connectivity index (χ2v) is 8.96. The molecule has 0 rings (SSSR count). The predicted molar refractivity (Wildman–Crippen MR) is 82.7 cm³/mol. The van der Waals surface area contributed by atoms with Crippen molar-refractivity contribution in [3.8, 4) is 0 Å². The highest BCUT2D eigenvalue weighted by molar-refractivity contribution is 8.55. The van der Waals surface area contributed by atoms with Crippen LogP contribution < -0.4 is 0 Å². The Morgan fingerprint density at radius 3 is 1.68 bits per heavy atom. The van der Waals surface area contributed by atoms with Crippen LogP contribution in [0.1, 0.15) is 57.8 Å². The smallest absolute Gasteiger partial charge is 0.388 e. The van der Waals surface area contributed by atoms with E-state index in [1.54, 1.807) is 0 Å². The van der Waals surface area contributed by atoms with E-state index in [2.05, 4.69) is 0 Å². The monoisotopic (exact) mass is 312 g/mol. The summed E-state index contributed by atoms with van der Waals surface area (Å²) >= 11 is 1.29. The molecule has 0 fully saturated rings. The molecule has 0 bridgehead atoms. The fourth-order valence-electron chi connectivity index (χ4n) is 1.81.